The molecule has 1 unspecified atom stereocenters. The second-order valence-corrected chi connectivity index (χ2v) is 7.96. The normalized spacial score (nSPS) is 20.9. The number of carboxylic acid groups (broad SMARTS) is 1. The number of hydrogen-bond acceptors (Lipinski definition) is 8. The fourth-order valence-electron chi connectivity index (χ4n) is 3.10. The summed E-state index contributed by atoms with van der Waals surface area (Å²) in [4.78, 5) is 38.0. The highest BCUT2D eigenvalue weighted by atomic mass is 32.2. The number of β-lactam (4-membered cyclic amide) rings is 1. The van der Waals surface area contributed by atoms with E-state index in [1.807, 2.05) is 30.3 Å². The zero-order chi connectivity index (χ0) is 20.7. The summed E-state index contributed by atoms with van der Waals surface area (Å²) < 4.78 is 5.42. The third-order valence-electron chi connectivity index (χ3n) is 4.37. The minimum Gasteiger partial charge on any atom is -0.477 e. The number of carbonyl (C=O) groups is 3. The molecule has 0 saturated carbocycles. The molecule has 2 atom stereocenters. The van der Waals surface area contributed by atoms with Crippen LogP contribution in [0.25, 0.3) is 5.57 Å². The van der Waals surface area contributed by atoms with E-state index >= 15 is 0 Å². The third-order valence-corrected chi connectivity index (χ3v) is 6.25. The molecule has 0 spiro atoms. The molecule has 3 heterocycles. The standard InChI is InChI=1S/C18H14N4O5S2/c1-8-20-21-14(27-8)11-12(18(25)26)22-16(24)13(28)17(22)29-15(11)19-10(23)7-9-5-3-2-4-6-9/h2-6,15,17H,7H2,1H3,(H,19,23)(H,25,26)/t15?,17-/m0/s1. The lowest BCUT2D eigenvalue weighted by Gasteiger charge is -2.46. The van der Waals surface area contributed by atoms with Crippen molar-refractivity contribution in [3.63, 3.8) is 0 Å². The Kier molecular flexibility index (Phi) is 4.92. The molecule has 9 nitrogen and oxygen atoms in total. The molecule has 2 N–H and O–H groups in total. The van der Waals surface area contributed by atoms with E-state index in [1.54, 1.807) is 6.92 Å². The van der Waals surface area contributed by atoms with Gasteiger partial charge in [-0.2, -0.15) is 0 Å². The Morgan fingerprint density at radius 2 is 2.03 bits per heavy atom. The van der Waals surface area contributed by atoms with E-state index in [9.17, 15) is 19.5 Å². The Labute approximate surface area is 174 Å². The zero-order valence-electron chi connectivity index (χ0n) is 15.0. The van der Waals surface area contributed by atoms with Crippen LogP contribution in [-0.2, 0) is 20.8 Å². The number of fused-ring (bicyclic) bond motifs is 1. The number of rotatable bonds is 5. The van der Waals surface area contributed by atoms with Gasteiger partial charge in [-0.15, -0.1) is 22.0 Å². The smallest absolute Gasteiger partial charge is 0.353 e. The Bertz CT molecular complexity index is 1070. The molecule has 2 aliphatic heterocycles. The van der Waals surface area contributed by atoms with Gasteiger partial charge in [0, 0.05) is 6.92 Å². The van der Waals surface area contributed by atoms with E-state index in [0.29, 0.717) is 0 Å². The van der Waals surface area contributed by atoms with Crippen LogP contribution in [0, 0.1) is 6.92 Å². The maximum absolute atomic E-state index is 12.6. The van der Waals surface area contributed by atoms with Gasteiger partial charge in [0.25, 0.3) is 5.91 Å². The number of aromatic nitrogens is 2. The van der Waals surface area contributed by atoms with Gasteiger partial charge in [0.2, 0.25) is 17.7 Å². The molecule has 1 aromatic carbocycles. The van der Waals surface area contributed by atoms with Crippen LogP contribution in [0.5, 0.6) is 0 Å². The number of amides is 2. The molecule has 2 amide bonds. The van der Waals surface area contributed by atoms with E-state index in [2.05, 4.69) is 15.5 Å². The summed E-state index contributed by atoms with van der Waals surface area (Å²) in [5, 5.41) is 18.7. The van der Waals surface area contributed by atoms with Crippen molar-refractivity contribution in [1.82, 2.24) is 20.4 Å². The maximum atomic E-state index is 12.6. The number of hydrogen-bond donors (Lipinski definition) is 2. The lowest BCUT2D eigenvalue weighted by atomic mass is 10.1. The summed E-state index contributed by atoms with van der Waals surface area (Å²) in [5.74, 6) is -2.07. The molecule has 2 aromatic rings. The van der Waals surface area contributed by atoms with Gasteiger partial charge >= 0.3 is 5.97 Å². The SMILES string of the molecule is Cc1nnc(C2=C(C(=O)O)N3C(=O)C(=S)[C@@H]3SC2NC(=O)Cc2ccccc2)o1. The Hall–Kier alpha value is -3.05. The van der Waals surface area contributed by atoms with Crippen molar-refractivity contribution in [3.05, 3.63) is 53.4 Å². The van der Waals surface area contributed by atoms with Crippen LogP contribution in [-0.4, -0.2) is 53.6 Å². The van der Waals surface area contributed by atoms with Crippen molar-refractivity contribution in [3.8, 4) is 0 Å². The zero-order valence-corrected chi connectivity index (χ0v) is 16.6. The van der Waals surface area contributed by atoms with Gasteiger partial charge in [-0.1, -0.05) is 42.5 Å². The Balaban J connectivity index is 1.71. The topological polar surface area (TPSA) is 126 Å². The molecule has 1 saturated heterocycles. The van der Waals surface area contributed by atoms with E-state index < -0.39 is 22.6 Å². The first-order chi connectivity index (χ1) is 13.9. The highest BCUT2D eigenvalue weighted by Crippen LogP contribution is 2.45. The summed E-state index contributed by atoms with van der Waals surface area (Å²) in [6, 6.07) is 9.12. The lowest BCUT2D eigenvalue weighted by Crippen LogP contribution is -2.63. The fourth-order valence-corrected chi connectivity index (χ4v) is 4.82. The number of carboxylic acids is 1. The van der Waals surface area contributed by atoms with Crippen molar-refractivity contribution < 1.29 is 23.9 Å². The van der Waals surface area contributed by atoms with Crippen LogP contribution in [0.15, 0.2) is 40.4 Å². The number of carbonyl (C=O) groups excluding carboxylic acids is 2. The summed E-state index contributed by atoms with van der Waals surface area (Å²) in [7, 11) is 0. The van der Waals surface area contributed by atoms with Crippen molar-refractivity contribution in [2.75, 3.05) is 0 Å². The number of nitrogens with zero attached hydrogens (tertiary/aromatic N) is 3. The van der Waals surface area contributed by atoms with Gasteiger partial charge in [-0.25, -0.2) is 4.79 Å². The van der Waals surface area contributed by atoms with E-state index in [4.69, 9.17) is 16.6 Å². The summed E-state index contributed by atoms with van der Waals surface area (Å²) in [6.45, 7) is 1.56. The second-order valence-electron chi connectivity index (χ2n) is 6.33. The molecule has 2 aliphatic rings. The van der Waals surface area contributed by atoms with Gasteiger partial charge < -0.3 is 14.8 Å². The second kappa shape index (κ2) is 7.41. The van der Waals surface area contributed by atoms with Crippen molar-refractivity contribution >= 4 is 52.2 Å². The molecule has 1 aromatic heterocycles. The van der Waals surface area contributed by atoms with Gasteiger partial charge in [0.15, 0.2) is 0 Å². The Morgan fingerprint density at radius 3 is 2.66 bits per heavy atom. The number of benzene rings is 1. The molecule has 0 radical (unpaired) electrons. The van der Waals surface area contributed by atoms with E-state index in [1.165, 1.54) is 0 Å². The summed E-state index contributed by atoms with van der Waals surface area (Å²) in [6.07, 6.45) is 0.105. The van der Waals surface area contributed by atoms with Crippen molar-refractivity contribution in [1.29, 1.82) is 0 Å². The van der Waals surface area contributed by atoms with Crippen LogP contribution in [0.1, 0.15) is 17.3 Å². The van der Waals surface area contributed by atoms with E-state index in [0.717, 1.165) is 22.2 Å². The Morgan fingerprint density at radius 1 is 1.31 bits per heavy atom. The van der Waals surface area contributed by atoms with Crippen LogP contribution < -0.4 is 5.32 Å². The average molecular weight is 430 g/mol. The number of thiocarbonyl (C=S) groups is 1. The number of nitrogens with one attached hydrogen (secondary N) is 1. The molecule has 0 bridgehead atoms. The predicted octanol–water partition coefficient (Wildman–Crippen LogP) is 1.14. The molecular formula is C18H14N4O5S2. The molecular weight excluding hydrogens is 416 g/mol. The quantitative estimate of drug-likeness (QED) is 0.530. The van der Waals surface area contributed by atoms with Gasteiger partial charge in [-0.3, -0.25) is 14.5 Å². The number of aryl methyl sites for hydroxylation is 1. The molecule has 1 fully saturated rings. The largest absolute Gasteiger partial charge is 0.477 e. The first-order valence-electron chi connectivity index (χ1n) is 8.51. The van der Waals surface area contributed by atoms with Gasteiger partial charge in [-0.05, 0) is 5.56 Å². The summed E-state index contributed by atoms with van der Waals surface area (Å²) >= 11 is 6.23. The number of thioether (sulfide) groups is 1. The molecule has 148 valence electrons. The monoisotopic (exact) mass is 430 g/mol. The summed E-state index contributed by atoms with van der Waals surface area (Å²) in [5.41, 5.74) is 0.553. The highest BCUT2D eigenvalue weighted by molar-refractivity contribution is 8.03. The molecule has 4 rings (SSSR count). The fraction of sp³-hybridized carbons (Fsp3) is 0.222. The molecule has 0 aliphatic carbocycles. The average Bonchev–Trinajstić information content (AvgIpc) is 3.12. The van der Waals surface area contributed by atoms with E-state index in [-0.39, 0.29) is 40.2 Å². The predicted molar refractivity (Wildman–Crippen MR) is 106 cm³/mol. The molecule has 11 heteroatoms. The van der Waals surface area contributed by atoms with Crippen LogP contribution in [0.4, 0.5) is 0 Å². The van der Waals surface area contributed by atoms with Gasteiger partial charge in [0.05, 0.1) is 12.0 Å². The van der Waals surface area contributed by atoms with Crippen molar-refractivity contribution in [2.45, 2.75) is 24.1 Å². The number of aliphatic carboxylic acids is 1. The third kappa shape index (κ3) is 3.42. The van der Waals surface area contributed by atoms with Crippen LogP contribution >= 0.6 is 24.0 Å². The minimum absolute atomic E-state index is 0.0663. The molecule has 29 heavy (non-hydrogen) atoms. The highest BCUT2D eigenvalue weighted by Gasteiger charge is 2.54. The minimum atomic E-state index is -1.35. The van der Waals surface area contributed by atoms with Crippen LogP contribution in [0.3, 0.4) is 0 Å². The lowest BCUT2D eigenvalue weighted by molar-refractivity contribution is -0.138. The van der Waals surface area contributed by atoms with Gasteiger partial charge in [0.1, 0.15) is 21.3 Å². The first-order valence-corrected chi connectivity index (χ1v) is 9.86. The first kappa shape index (κ1) is 19.3. The van der Waals surface area contributed by atoms with Crippen molar-refractivity contribution in [2.24, 2.45) is 0 Å². The maximum Gasteiger partial charge on any atom is 0.353 e. The van der Waals surface area contributed by atoms with Crippen LogP contribution in [0.2, 0.25) is 0 Å².